The maximum absolute atomic E-state index is 12.7. The second kappa shape index (κ2) is 6.83. The van der Waals surface area contributed by atoms with Crippen molar-refractivity contribution in [3.63, 3.8) is 0 Å². The third-order valence-corrected chi connectivity index (χ3v) is 4.41. The molecule has 0 saturated carbocycles. The van der Waals surface area contributed by atoms with Gasteiger partial charge in [-0.05, 0) is 23.5 Å². The minimum Gasteiger partial charge on any atom is -0.493 e. The summed E-state index contributed by atoms with van der Waals surface area (Å²) < 4.78 is 1.40. The lowest BCUT2D eigenvalue weighted by Crippen LogP contribution is -2.27. The van der Waals surface area contributed by atoms with Crippen LogP contribution in [0.1, 0.15) is 37.5 Å². The maximum atomic E-state index is 12.7. The summed E-state index contributed by atoms with van der Waals surface area (Å²) in [5.74, 6) is -0.136. The lowest BCUT2D eigenvalue weighted by Gasteiger charge is -2.19. The molecular formula is C20H22N4O3. The zero-order valence-corrected chi connectivity index (χ0v) is 15.8. The molecule has 2 aromatic heterocycles. The molecule has 0 aliphatic carbocycles. The second-order valence-corrected chi connectivity index (χ2v) is 7.50. The Balaban J connectivity index is 2.11. The van der Waals surface area contributed by atoms with Crippen molar-refractivity contribution in [2.75, 3.05) is 0 Å². The number of aromatic nitrogens is 4. The fourth-order valence-electron chi connectivity index (χ4n) is 2.74. The van der Waals surface area contributed by atoms with E-state index in [0.29, 0.717) is 0 Å². The van der Waals surface area contributed by atoms with Gasteiger partial charge >= 0.3 is 0 Å². The largest absolute Gasteiger partial charge is 0.493 e. The smallest absolute Gasteiger partial charge is 0.260 e. The fraction of sp³-hybridized carbons (Fsp3) is 0.300. The molecule has 27 heavy (non-hydrogen) atoms. The number of hydrogen-bond acceptors (Lipinski definition) is 5. The zero-order chi connectivity index (χ0) is 19.8. The van der Waals surface area contributed by atoms with Crippen LogP contribution < -0.4 is 11.1 Å². The van der Waals surface area contributed by atoms with E-state index >= 15 is 0 Å². The van der Waals surface area contributed by atoms with Crippen LogP contribution >= 0.6 is 0 Å². The van der Waals surface area contributed by atoms with Crippen LogP contribution in [0, 0.1) is 6.92 Å². The Morgan fingerprint density at radius 1 is 1.11 bits per heavy atom. The first kappa shape index (κ1) is 18.6. The molecule has 7 nitrogen and oxygen atoms in total. The molecule has 0 fully saturated rings. The van der Waals surface area contributed by atoms with Crippen molar-refractivity contribution < 1.29 is 5.11 Å². The minimum absolute atomic E-state index is 0.0324. The Hall–Kier alpha value is -3.22. The average molecular weight is 366 g/mol. The monoisotopic (exact) mass is 366 g/mol. The van der Waals surface area contributed by atoms with Crippen molar-refractivity contribution in [3.8, 4) is 17.5 Å². The van der Waals surface area contributed by atoms with Gasteiger partial charge in [-0.15, -0.1) is 0 Å². The van der Waals surface area contributed by atoms with Gasteiger partial charge in [0.15, 0.2) is 11.6 Å². The van der Waals surface area contributed by atoms with E-state index in [-0.39, 0.29) is 46.2 Å². The molecular weight excluding hydrogens is 344 g/mol. The third kappa shape index (κ3) is 3.81. The lowest BCUT2D eigenvalue weighted by molar-refractivity contribution is 0.442. The fourth-order valence-corrected chi connectivity index (χ4v) is 2.74. The molecule has 0 unspecified atom stereocenters. The molecule has 0 spiro atoms. The molecule has 0 aliphatic heterocycles. The molecule has 3 aromatic rings. The van der Waals surface area contributed by atoms with Gasteiger partial charge in [0, 0.05) is 12.3 Å². The predicted octanol–water partition coefficient (Wildman–Crippen LogP) is 2.35. The Morgan fingerprint density at radius 2 is 1.78 bits per heavy atom. The number of aromatic hydroxyl groups is 1. The zero-order valence-electron chi connectivity index (χ0n) is 15.8. The molecule has 0 saturated heterocycles. The van der Waals surface area contributed by atoms with Gasteiger partial charge in [0.1, 0.15) is 0 Å². The summed E-state index contributed by atoms with van der Waals surface area (Å²) in [7, 11) is 0. The van der Waals surface area contributed by atoms with Gasteiger partial charge < -0.3 is 10.1 Å². The summed E-state index contributed by atoms with van der Waals surface area (Å²) >= 11 is 0. The topological polar surface area (TPSA) is 101 Å². The lowest BCUT2D eigenvalue weighted by atomic mass is 9.87. The van der Waals surface area contributed by atoms with Gasteiger partial charge in [0.2, 0.25) is 5.88 Å². The van der Waals surface area contributed by atoms with Crippen LogP contribution in [0.4, 0.5) is 0 Å². The number of benzene rings is 1. The van der Waals surface area contributed by atoms with Crippen LogP contribution in [0.5, 0.6) is 5.88 Å². The van der Waals surface area contributed by atoms with E-state index in [4.69, 9.17) is 0 Å². The van der Waals surface area contributed by atoms with E-state index in [1.807, 2.05) is 24.3 Å². The van der Waals surface area contributed by atoms with Crippen molar-refractivity contribution in [2.45, 2.75) is 39.7 Å². The molecule has 2 heterocycles. The van der Waals surface area contributed by atoms with Crippen molar-refractivity contribution in [1.29, 1.82) is 0 Å². The molecule has 0 amide bonds. The number of H-pyrrole nitrogens is 1. The Labute approximate surface area is 156 Å². The first-order valence-electron chi connectivity index (χ1n) is 8.62. The highest BCUT2D eigenvalue weighted by Gasteiger charge is 2.17. The maximum Gasteiger partial charge on any atom is 0.260 e. The van der Waals surface area contributed by atoms with Crippen LogP contribution in [0.2, 0.25) is 0 Å². The van der Waals surface area contributed by atoms with Crippen molar-refractivity contribution in [2.24, 2.45) is 0 Å². The molecule has 3 rings (SSSR count). The average Bonchev–Trinajstić information content (AvgIpc) is 2.61. The quantitative estimate of drug-likeness (QED) is 0.741. The Kier molecular flexibility index (Phi) is 4.70. The van der Waals surface area contributed by atoms with Gasteiger partial charge in [0.05, 0.1) is 12.1 Å². The summed E-state index contributed by atoms with van der Waals surface area (Å²) in [5, 5.41) is 9.98. The Bertz CT molecular complexity index is 1090. The molecule has 140 valence electrons. The third-order valence-electron chi connectivity index (χ3n) is 4.41. The second-order valence-electron chi connectivity index (χ2n) is 7.50. The van der Waals surface area contributed by atoms with E-state index in [1.165, 1.54) is 29.3 Å². The summed E-state index contributed by atoms with van der Waals surface area (Å²) in [5.41, 5.74) is 1.51. The first-order chi connectivity index (χ1) is 12.7. The molecule has 0 atom stereocenters. The number of nitrogens with zero attached hydrogens (tertiary/aromatic N) is 3. The van der Waals surface area contributed by atoms with Crippen molar-refractivity contribution in [1.82, 2.24) is 19.5 Å². The summed E-state index contributed by atoms with van der Waals surface area (Å²) in [4.78, 5) is 35.1. The van der Waals surface area contributed by atoms with Gasteiger partial charge in [-0.1, -0.05) is 45.0 Å². The molecule has 0 aliphatic rings. The van der Waals surface area contributed by atoms with E-state index in [1.54, 1.807) is 0 Å². The molecule has 7 heteroatoms. The summed E-state index contributed by atoms with van der Waals surface area (Å²) in [6.07, 6.45) is 1.33. The number of hydrogen-bond donors (Lipinski definition) is 2. The highest BCUT2D eigenvalue weighted by atomic mass is 16.3. The van der Waals surface area contributed by atoms with Crippen molar-refractivity contribution in [3.05, 3.63) is 73.9 Å². The van der Waals surface area contributed by atoms with Crippen LogP contribution in [0.3, 0.4) is 0 Å². The molecule has 0 bridgehead atoms. The first-order valence-corrected chi connectivity index (χ1v) is 8.62. The van der Waals surface area contributed by atoms with E-state index in [2.05, 4.69) is 35.7 Å². The highest BCUT2D eigenvalue weighted by Crippen LogP contribution is 2.23. The standard InChI is InChI=1S/C20H22N4O3/c1-12-18(26)23-17(16-21-10-9-15(25)22-16)24(19(12)27)11-13-5-7-14(8-6-13)20(2,3)4/h5-10,26H,11H2,1-4H3,(H,21,22,25). The van der Waals surface area contributed by atoms with E-state index < -0.39 is 0 Å². The van der Waals surface area contributed by atoms with Crippen LogP contribution in [0.25, 0.3) is 11.6 Å². The molecule has 1 aromatic carbocycles. The van der Waals surface area contributed by atoms with Crippen LogP contribution in [-0.2, 0) is 12.0 Å². The SMILES string of the molecule is Cc1c(O)nc(-c2nccc(=O)[nH]2)n(Cc2ccc(C(C)(C)C)cc2)c1=O. The van der Waals surface area contributed by atoms with E-state index in [0.717, 1.165) is 5.56 Å². The number of aromatic amines is 1. The van der Waals surface area contributed by atoms with E-state index in [9.17, 15) is 14.7 Å². The van der Waals surface area contributed by atoms with Gasteiger partial charge in [-0.25, -0.2) is 4.98 Å². The minimum atomic E-state index is -0.385. The van der Waals surface area contributed by atoms with Crippen LogP contribution in [-0.4, -0.2) is 24.6 Å². The van der Waals surface area contributed by atoms with Gasteiger partial charge in [-0.3, -0.25) is 14.2 Å². The van der Waals surface area contributed by atoms with Gasteiger partial charge in [0.25, 0.3) is 11.1 Å². The summed E-state index contributed by atoms with van der Waals surface area (Å²) in [6.45, 7) is 8.15. The molecule has 2 N–H and O–H groups in total. The van der Waals surface area contributed by atoms with Crippen molar-refractivity contribution >= 4 is 0 Å². The normalized spacial score (nSPS) is 11.6. The molecule has 0 radical (unpaired) electrons. The number of nitrogens with one attached hydrogen (secondary N) is 1. The highest BCUT2D eigenvalue weighted by molar-refractivity contribution is 5.46. The number of rotatable bonds is 3. The Morgan fingerprint density at radius 3 is 2.37 bits per heavy atom. The summed E-state index contributed by atoms with van der Waals surface area (Å²) in [6, 6.07) is 9.25. The van der Waals surface area contributed by atoms with Gasteiger partial charge in [-0.2, -0.15) is 4.98 Å². The van der Waals surface area contributed by atoms with Crippen LogP contribution in [0.15, 0.2) is 46.1 Å². The predicted molar refractivity (Wildman–Crippen MR) is 103 cm³/mol.